The maximum atomic E-state index is 3.55. The molecule has 0 aliphatic heterocycles. The van der Waals surface area contributed by atoms with Gasteiger partial charge in [0.25, 0.3) is 0 Å². The Morgan fingerprint density at radius 3 is 1.69 bits per heavy atom. The predicted octanol–water partition coefficient (Wildman–Crippen LogP) is 5.05. The van der Waals surface area contributed by atoms with Crippen LogP contribution in [0.3, 0.4) is 0 Å². The number of hydrogen-bond acceptors (Lipinski definition) is 0. The largest absolute Gasteiger partial charge is 0.103 e. The van der Waals surface area contributed by atoms with Gasteiger partial charge in [-0.2, -0.15) is 0 Å². The molecule has 0 amide bonds. The maximum Gasteiger partial charge on any atom is -0.0356 e. The smallest absolute Gasteiger partial charge is 0.0356 e. The van der Waals surface area contributed by atoms with Gasteiger partial charge in [-0.3, -0.25) is 0 Å². The summed E-state index contributed by atoms with van der Waals surface area (Å²) in [4.78, 5) is 0. The van der Waals surface area contributed by atoms with Crippen LogP contribution in [0.1, 0.15) is 60.8 Å². The Balaban J connectivity index is 0. The third-order valence-electron chi connectivity index (χ3n) is 2.58. The van der Waals surface area contributed by atoms with Gasteiger partial charge >= 0.3 is 0 Å². The van der Waals surface area contributed by atoms with Gasteiger partial charge in [0.1, 0.15) is 0 Å². The summed E-state index contributed by atoms with van der Waals surface area (Å²) in [6.45, 7) is 17.1. The van der Waals surface area contributed by atoms with Crippen LogP contribution in [0.15, 0.2) is 12.7 Å². The molecule has 0 aliphatic carbocycles. The van der Waals surface area contributed by atoms with Crippen LogP contribution in [0.2, 0.25) is 0 Å². The molecule has 0 aliphatic rings. The van der Waals surface area contributed by atoms with Gasteiger partial charge in [0.15, 0.2) is 0 Å². The summed E-state index contributed by atoms with van der Waals surface area (Å²) in [7, 11) is 0. The minimum absolute atomic E-state index is 0.509. The molecule has 0 aromatic heterocycles. The van der Waals surface area contributed by atoms with Gasteiger partial charge in [-0.25, -0.2) is 0 Å². The maximum absolute atomic E-state index is 3.55. The zero-order chi connectivity index (χ0) is 10.9. The lowest BCUT2D eigenvalue weighted by molar-refractivity contribution is 0.254. The van der Waals surface area contributed by atoms with Gasteiger partial charge in [-0.15, -0.1) is 6.58 Å². The summed E-state index contributed by atoms with van der Waals surface area (Å²) < 4.78 is 0. The molecule has 0 spiro atoms. The van der Waals surface area contributed by atoms with Crippen molar-refractivity contribution in [1.82, 2.24) is 0 Å². The summed E-state index contributed by atoms with van der Waals surface area (Å²) in [5.41, 5.74) is 0.509. The quantitative estimate of drug-likeness (QED) is 0.538. The molecule has 0 saturated heterocycles. The minimum Gasteiger partial charge on any atom is -0.103 e. The van der Waals surface area contributed by atoms with Crippen LogP contribution in [-0.4, -0.2) is 0 Å². The van der Waals surface area contributed by atoms with E-state index in [0.717, 1.165) is 12.3 Å². The van der Waals surface area contributed by atoms with E-state index in [4.69, 9.17) is 0 Å². The lowest BCUT2D eigenvalue weighted by atomic mass is 9.81. The van der Waals surface area contributed by atoms with E-state index in [2.05, 4.69) is 48.1 Å². The van der Waals surface area contributed by atoms with Crippen LogP contribution in [0.25, 0.3) is 0 Å². The van der Waals surface area contributed by atoms with Crippen molar-refractivity contribution in [3.05, 3.63) is 12.7 Å². The first kappa shape index (κ1) is 15.2. The lowest BCUT2D eigenvalue weighted by Gasteiger charge is -2.25. The van der Waals surface area contributed by atoms with Crippen molar-refractivity contribution in [2.45, 2.75) is 60.8 Å². The molecule has 1 atom stereocenters. The third-order valence-corrected chi connectivity index (χ3v) is 2.58. The minimum atomic E-state index is 0.509. The van der Waals surface area contributed by atoms with Gasteiger partial charge < -0.3 is 0 Å². The second kappa shape index (κ2) is 8.34. The zero-order valence-electron chi connectivity index (χ0n) is 10.5. The second-order valence-electron chi connectivity index (χ2n) is 4.75. The van der Waals surface area contributed by atoms with Crippen LogP contribution < -0.4 is 0 Å². The number of unbranched alkanes of at least 4 members (excludes halogenated alkanes) is 1. The van der Waals surface area contributed by atoms with E-state index in [-0.39, 0.29) is 0 Å². The molecule has 0 nitrogen and oxygen atoms in total. The number of hydrogen-bond donors (Lipinski definition) is 0. The molecule has 0 heteroatoms. The Morgan fingerprint density at radius 2 is 1.69 bits per heavy atom. The fraction of sp³-hybridized carbons (Fsp3) is 0.846. The number of rotatable bonds is 3. The molecule has 0 saturated carbocycles. The average Bonchev–Trinajstić information content (AvgIpc) is 2.04. The SMILES string of the molecule is C=CCCC.CCC(C)C(C)(C)C. The topological polar surface area (TPSA) is 0 Å². The van der Waals surface area contributed by atoms with Crippen molar-refractivity contribution in [2.75, 3.05) is 0 Å². The molecule has 0 aromatic carbocycles. The normalized spacial score (nSPS) is 12.8. The first-order valence-electron chi connectivity index (χ1n) is 5.50. The van der Waals surface area contributed by atoms with E-state index >= 15 is 0 Å². The van der Waals surface area contributed by atoms with Crippen LogP contribution in [0, 0.1) is 11.3 Å². The summed E-state index contributed by atoms with van der Waals surface area (Å²) in [6.07, 6.45) is 5.60. The molecule has 0 heterocycles. The fourth-order valence-corrected chi connectivity index (χ4v) is 0.816. The molecule has 0 rings (SSSR count). The first-order chi connectivity index (χ1) is 5.90. The third kappa shape index (κ3) is 11.7. The van der Waals surface area contributed by atoms with Crippen LogP contribution in [0.5, 0.6) is 0 Å². The van der Waals surface area contributed by atoms with Gasteiger partial charge in [0, 0.05) is 0 Å². The van der Waals surface area contributed by atoms with Crippen molar-refractivity contribution in [3.63, 3.8) is 0 Å². The summed E-state index contributed by atoms with van der Waals surface area (Å²) in [6, 6.07) is 0. The number of allylic oxidation sites excluding steroid dienone is 1. The first-order valence-corrected chi connectivity index (χ1v) is 5.50. The standard InChI is InChI=1S/C8H18.C5H10/c1-6-7(2)8(3,4)5;1-3-5-4-2/h7H,6H2,1-5H3;3H,1,4-5H2,2H3. The van der Waals surface area contributed by atoms with E-state index in [1.165, 1.54) is 12.8 Å². The fourth-order valence-electron chi connectivity index (χ4n) is 0.816. The Bertz CT molecular complexity index is 106. The monoisotopic (exact) mass is 184 g/mol. The van der Waals surface area contributed by atoms with E-state index in [0.29, 0.717) is 5.41 Å². The van der Waals surface area contributed by atoms with Crippen LogP contribution in [0.4, 0.5) is 0 Å². The Morgan fingerprint density at radius 1 is 1.23 bits per heavy atom. The predicted molar refractivity (Wildman–Crippen MR) is 64.0 cm³/mol. The molecular weight excluding hydrogens is 156 g/mol. The Kier molecular flexibility index (Phi) is 9.77. The highest BCUT2D eigenvalue weighted by molar-refractivity contribution is 4.67. The second-order valence-corrected chi connectivity index (χ2v) is 4.75. The highest BCUT2D eigenvalue weighted by Gasteiger charge is 2.16. The van der Waals surface area contributed by atoms with Crippen LogP contribution >= 0.6 is 0 Å². The average molecular weight is 184 g/mol. The van der Waals surface area contributed by atoms with E-state index in [1.807, 2.05) is 6.08 Å². The van der Waals surface area contributed by atoms with Gasteiger partial charge in [-0.1, -0.05) is 60.5 Å². The molecule has 0 fully saturated rings. The van der Waals surface area contributed by atoms with Gasteiger partial charge in [0.05, 0.1) is 0 Å². The Labute approximate surface area is 85.4 Å². The molecule has 1 unspecified atom stereocenters. The molecule has 80 valence electrons. The summed E-state index contributed by atoms with van der Waals surface area (Å²) in [5.74, 6) is 0.850. The highest BCUT2D eigenvalue weighted by Crippen LogP contribution is 2.27. The van der Waals surface area contributed by atoms with E-state index in [9.17, 15) is 0 Å². The lowest BCUT2D eigenvalue weighted by Crippen LogP contribution is -2.15. The van der Waals surface area contributed by atoms with Gasteiger partial charge in [0.2, 0.25) is 0 Å². The molecular formula is C13H28. The van der Waals surface area contributed by atoms with Crippen molar-refractivity contribution in [3.8, 4) is 0 Å². The molecule has 0 aromatic rings. The summed E-state index contributed by atoms with van der Waals surface area (Å²) >= 11 is 0. The van der Waals surface area contributed by atoms with Crippen molar-refractivity contribution < 1.29 is 0 Å². The molecule has 0 bridgehead atoms. The van der Waals surface area contributed by atoms with Crippen molar-refractivity contribution >= 4 is 0 Å². The van der Waals surface area contributed by atoms with Crippen LogP contribution in [-0.2, 0) is 0 Å². The summed E-state index contributed by atoms with van der Waals surface area (Å²) in [5, 5.41) is 0. The Hall–Kier alpha value is -0.260. The van der Waals surface area contributed by atoms with Gasteiger partial charge in [-0.05, 0) is 17.8 Å². The molecule has 0 radical (unpaired) electrons. The van der Waals surface area contributed by atoms with Crippen molar-refractivity contribution in [2.24, 2.45) is 11.3 Å². The molecule has 0 N–H and O–H groups in total. The molecule has 13 heavy (non-hydrogen) atoms. The zero-order valence-corrected chi connectivity index (χ0v) is 10.5. The van der Waals surface area contributed by atoms with E-state index in [1.54, 1.807) is 0 Å². The highest BCUT2D eigenvalue weighted by atomic mass is 14.2. The van der Waals surface area contributed by atoms with E-state index < -0.39 is 0 Å². The van der Waals surface area contributed by atoms with Crippen molar-refractivity contribution in [1.29, 1.82) is 0 Å².